The molecule has 0 saturated heterocycles. The summed E-state index contributed by atoms with van der Waals surface area (Å²) in [6, 6.07) is 7.10. The predicted molar refractivity (Wildman–Crippen MR) is 75.1 cm³/mol. The summed E-state index contributed by atoms with van der Waals surface area (Å²) >= 11 is 0. The van der Waals surface area contributed by atoms with Crippen LogP contribution in [0.3, 0.4) is 0 Å². The SMILES string of the molecule is COc1ccc(OCC(O)CN(CCO)CCO)cc1.[Cl-]. The highest BCUT2D eigenvalue weighted by Crippen LogP contribution is 2.17. The molecule has 6 nitrogen and oxygen atoms in total. The van der Waals surface area contributed by atoms with Crippen LogP contribution in [0, 0.1) is 0 Å². The van der Waals surface area contributed by atoms with Crippen LogP contribution in [-0.4, -0.2) is 72.9 Å². The zero-order chi connectivity index (χ0) is 14.8. The molecule has 0 spiro atoms. The van der Waals surface area contributed by atoms with E-state index in [2.05, 4.69) is 0 Å². The van der Waals surface area contributed by atoms with Gasteiger partial charge in [-0.05, 0) is 24.3 Å². The molecule has 7 heteroatoms. The maximum atomic E-state index is 9.88. The van der Waals surface area contributed by atoms with Gasteiger partial charge in [0.25, 0.3) is 0 Å². The van der Waals surface area contributed by atoms with E-state index < -0.39 is 6.10 Å². The summed E-state index contributed by atoms with van der Waals surface area (Å²) in [5.74, 6) is 1.40. The third kappa shape index (κ3) is 8.08. The van der Waals surface area contributed by atoms with Crippen LogP contribution in [0.15, 0.2) is 24.3 Å². The summed E-state index contributed by atoms with van der Waals surface area (Å²) in [5.41, 5.74) is 0. The normalized spacial score (nSPS) is 11.9. The van der Waals surface area contributed by atoms with E-state index in [1.165, 1.54) is 0 Å². The number of hydrogen-bond donors (Lipinski definition) is 3. The lowest BCUT2D eigenvalue weighted by atomic mass is 10.3. The topological polar surface area (TPSA) is 82.4 Å². The summed E-state index contributed by atoms with van der Waals surface area (Å²) in [5, 5.41) is 27.7. The van der Waals surface area contributed by atoms with Crippen molar-refractivity contribution in [3.05, 3.63) is 24.3 Å². The quantitative estimate of drug-likeness (QED) is 0.419. The Balaban J connectivity index is 0.00000400. The monoisotopic (exact) mass is 320 g/mol. The van der Waals surface area contributed by atoms with Crippen molar-refractivity contribution >= 4 is 0 Å². The van der Waals surface area contributed by atoms with Gasteiger partial charge in [-0.1, -0.05) is 0 Å². The molecule has 0 radical (unpaired) electrons. The minimum atomic E-state index is -0.685. The van der Waals surface area contributed by atoms with Gasteiger partial charge in [0, 0.05) is 19.6 Å². The molecule has 1 rings (SSSR count). The molecule has 1 unspecified atom stereocenters. The number of benzene rings is 1. The van der Waals surface area contributed by atoms with Crippen LogP contribution in [0.5, 0.6) is 11.5 Å². The molecule has 0 aliphatic carbocycles. The second kappa shape index (κ2) is 11.6. The Kier molecular flexibility index (Phi) is 11.0. The van der Waals surface area contributed by atoms with Gasteiger partial charge in [0.05, 0.1) is 20.3 Å². The Labute approximate surface area is 131 Å². The number of nitrogens with zero attached hydrogens (tertiary/aromatic N) is 1. The first-order valence-electron chi connectivity index (χ1n) is 6.58. The molecule has 0 heterocycles. The zero-order valence-corrected chi connectivity index (χ0v) is 12.9. The molecule has 0 aromatic heterocycles. The van der Waals surface area contributed by atoms with E-state index in [4.69, 9.17) is 19.7 Å². The van der Waals surface area contributed by atoms with Crippen LogP contribution < -0.4 is 21.9 Å². The average molecular weight is 321 g/mol. The van der Waals surface area contributed by atoms with Gasteiger partial charge in [-0.3, -0.25) is 4.90 Å². The van der Waals surface area contributed by atoms with E-state index in [9.17, 15) is 5.11 Å². The van der Waals surface area contributed by atoms with Crippen LogP contribution in [0.25, 0.3) is 0 Å². The first-order chi connectivity index (χ1) is 9.69. The van der Waals surface area contributed by atoms with Gasteiger partial charge in [0.15, 0.2) is 0 Å². The molecule has 0 amide bonds. The lowest BCUT2D eigenvalue weighted by Crippen LogP contribution is -3.00. The number of rotatable bonds is 10. The summed E-state index contributed by atoms with van der Waals surface area (Å²) in [7, 11) is 1.59. The highest BCUT2D eigenvalue weighted by Gasteiger charge is 2.11. The molecular weight excluding hydrogens is 298 g/mol. The maximum Gasteiger partial charge on any atom is 0.119 e. The minimum Gasteiger partial charge on any atom is -1.00 e. The first kappa shape index (κ1) is 19.9. The third-order valence-corrected chi connectivity index (χ3v) is 2.80. The van der Waals surface area contributed by atoms with E-state index in [0.29, 0.717) is 25.4 Å². The molecule has 0 fully saturated rings. The van der Waals surface area contributed by atoms with Gasteiger partial charge >= 0.3 is 0 Å². The number of halogens is 1. The maximum absolute atomic E-state index is 9.88. The molecule has 3 N–H and O–H groups in total. The van der Waals surface area contributed by atoms with Crippen LogP contribution >= 0.6 is 0 Å². The minimum absolute atomic E-state index is 0. The van der Waals surface area contributed by atoms with Crippen molar-refractivity contribution in [3.63, 3.8) is 0 Å². The van der Waals surface area contributed by atoms with Crippen LogP contribution in [0.2, 0.25) is 0 Å². The summed E-state index contributed by atoms with van der Waals surface area (Å²) in [6.07, 6.45) is -0.685. The Morgan fingerprint density at radius 2 is 1.57 bits per heavy atom. The number of aliphatic hydroxyl groups is 3. The number of hydrogen-bond acceptors (Lipinski definition) is 6. The van der Waals surface area contributed by atoms with Gasteiger partial charge in [-0.2, -0.15) is 0 Å². The fourth-order valence-electron chi connectivity index (χ4n) is 1.79. The molecular formula is C14H23ClNO5-. The van der Waals surface area contributed by atoms with Crippen molar-refractivity contribution in [3.8, 4) is 11.5 Å². The molecule has 122 valence electrons. The highest BCUT2D eigenvalue weighted by molar-refractivity contribution is 5.31. The average Bonchev–Trinajstić information content (AvgIpc) is 2.46. The molecule has 1 aromatic rings. The molecule has 0 saturated carbocycles. The Morgan fingerprint density at radius 1 is 1.05 bits per heavy atom. The van der Waals surface area contributed by atoms with E-state index in [1.54, 1.807) is 36.3 Å². The molecule has 0 bridgehead atoms. The summed E-state index contributed by atoms with van der Waals surface area (Å²) in [6.45, 7) is 1.31. The number of aliphatic hydroxyl groups excluding tert-OH is 3. The lowest BCUT2D eigenvalue weighted by molar-refractivity contribution is -0.0000112. The third-order valence-electron chi connectivity index (χ3n) is 2.80. The first-order valence-corrected chi connectivity index (χ1v) is 6.58. The largest absolute Gasteiger partial charge is 1.00 e. The van der Waals surface area contributed by atoms with Gasteiger partial charge < -0.3 is 37.2 Å². The van der Waals surface area contributed by atoms with E-state index in [1.807, 2.05) is 0 Å². The standard InChI is InChI=1S/C14H23NO5.ClH/c1-19-13-2-4-14(5-3-13)20-11-12(18)10-15(6-8-16)7-9-17;/h2-5,12,16-18H,6-11H2,1H3;1H/p-1. The molecule has 1 atom stereocenters. The van der Waals surface area contributed by atoms with Crippen LogP contribution in [-0.2, 0) is 0 Å². The van der Waals surface area contributed by atoms with Crippen molar-refractivity contribution < 1.29 is 37.2 Å². The molecule has 0 aliphatic heterocycles. The lowest BCUT2D eigenvalue weighted by Gasteiger charge is -2.23. The van der Waals surface area contributed by atoms with E-state index in [0.717, 1.165) is 5.75 Å². The van der Waals surface area contributed by atoms with Crippen molar-refractivity contribution in [1.82, 2.24) is 4.90 Å². The smallest absolute Gasteiger partial charge is 0.119 e. The predicted octanol–water partition coefficient (Wildman–Crippen LogP) is -3.27. The van der Waals surface area contributed by atoms with E-state index >= 15 is 0 Å². The van der Waals surface area contributed by atoms with E-state index in [-0.39, 0.29) is 32.2 Å². The van der Waals surface area contributed by atoms with Crippen molar-refractivity contribution in [1.29, 1.82) is 0 Å². The zero-order valence-electron chi connectivity index (χ0n) is 12.1. The number of ether oxygens (including phenoxy) is 2. The molecule has 0 aliphatic rings. The van der Waals surface area contributed by atoms with Crippen molar-refractivity contribution in [2.24, 2.45) is 0 Å². The molecule has 1 aromatic carbocycles. The number of methoxy groups -OCH3 is 1. The van der Waals surface area contributed by atoms with Crippen molar-refractivity contribution in [2.45, 2.75) is 6.10 Å². The fraction of sp³-hybridized carbons (Fsp3) is 0.571. The van der Waals surface area contributed by atoms with Gasteiger partial charge in [-0.15, -0.1) is 0 Å². The van der Waals surface area contributed by atoms with Crippen LogP contribution in [0.4, 0.5) is 0 Å². The van der Waals surface area contributed by atoms with Gasteiger partial charge in [0.1, 0.15) is 24.2 Å². The summed E-state index contributed by atoms with van der Waals surface area (Å²) in [4.78, 5) is 1.78. The Bertz CT molecular complexity index is 357. The van der Waals surface area contributed by atoms with Crippen molar-refractivity contribution in [2.75, 3.05) is 46.6 Å². The fourth-order valence-corrected chi connectivity index (χ4v) is 1.79. The molecule has 21 heavy (non-hydrogen) atoms. The van der Waals surface area contributed by atoms with Gasteiger partial charge in [-0.25, -0.2) is 0 Å². The second-order valence-electron chi connectivity index (χ2n) is 4.39. The Morgan fingerprint density at radius 3 is 2.05 bits per heavy atom. The van der Waals surface area contributed by atoms with Gasteiger partial charge in [0.2, 0.25) is 0 Å². The summed E-state index contributed by atoms with van der Waals surface area (Å²) < 4.78 is 10.5. The Hall–Kier alpha value is -1.05. The van der Waals surface area contributed by atoms with Crippen LogP contribution in [0.1, 0.15) is 0 Å². The highest BCUT2D eigenvalue weighted by atomic mass is 35.5. The second-order valence-corrected chi connectivity index (χ2v) is 4.39.